The molecule has 2 aliphatic rings. The number of β-amino-alcohol motifs (C(OH)–C–C–N with tert-alkyl or cyclic N) is 1. The zero-order valence-corrected chi connectivity index (χ0v) is 37.7. The van der Waals surface area contributed by atoms with Crippen molar-refractivity contribution < 1.29 is 24.2 Å². The number of anilines is 1. The summed E-state index contributed by atoms with van der Waals surface area (Å²) in [5, 5.41) is 17.3. The van der Waals surface area contributed by atoms with Crippen LogP contribution in [-0.2, 0) is 35.7 Å². The molecule has 0 saturated carbocycles. The number of piperidine rings is 1. The summed E-state index contributed by atoms with van der Waals surface area (Å²) in [4.78, 5) is 53.5. The number of allylic oxidation sites excluding steroid dienone is 1. The average Bonchev–Trinajstić information content (AvgIpc) is 3.69. The number of aliphatic hydroxyl groups is 1. The molecule has 1 atom stereocenters. The Balaban J connectivity index is 0.884. The fourth-order valence-corrected chi connectivity index (χ4v) is 9.28. The molecular formula is C50H60N8O5S. The number of aryl methyl sites for hydroxylation is 1. The van der Waals surface area contributed by atoms with E-state index in [2.05, 4.69) is 62.9 Å². The van der Waals surface area contributed by atoms with Gasteiger partial charge in [-0.25, -0.2) is 9.97 Å². The molecule has 0 bridgehead atoms. The standard InChI is InChI=1S/C50H60N8O5S/c1-35(51)48(38-12-6-3-7-13-38)49-53-43(29-46(54-49)58-24-22-57(23-25-58)26-27-59)39-14-9-11-36(28-39)10-5-4-8-21-52-30-37-15-17-41(18-16-37)63-33-45-42(40(32-60)34-64-45)31-56(2)44-19-20-47(61)55-50(44)62/h3,6-7,9,11-18,28-29,32,34,44,52,59H,4-5,8,10,19-27,30-31,33,51H2,1-2H3,(H,55,61,62). The van der Waals surface area contributed by atoms with Crippen molar-refractivity contribution in [2.24, 2.45) is 5.73 Å². The molecule has 2 amide bonds. The maximum atomic E-state index is 12.4. The lowest BCUT2D eigenvalue weighted by atomic mass is 10.0. The van der Waals surface area contributed by atoms with E-state index in [0.717, 1.165) is 116 Å². The number of hydrogen-bond acceptors (Lipinski definition) is 13. The van der Waals surface area contributed by atoms with Gasteiger partial charge in [0.1, 0.15) is 18.2 Å². The summed E-state index contributed by atoms with van der Waals surface area (Å²) in [5.41, 5.74) is 14.8. The Bertz CT molecular complexity index is 2380. The summed E-state index contributed by atoms with van der Waals surface area (Å²) >= 11 is 1.47. The average molecular weight is 885 g/mol. The van der Waals surface area contributed by atoms with E-state index in [4.69, 9.17) is 20.4 Å². The second-order valence-electron chi connectivity index (χ2n) is 16.6. The smallest absolute Gasteiger partial charge is 0.243 e. The number of hydrogen-bond donors (Lipinski definition) is 4. The zero-order chi connectivity index (χ0) is 44.8. The quantitative estimate of drug-likeness (QED) is 0.0376. The number of nitrogens with one attached hydrogen (secondary N) is 2. The lowest BCUT2D eigenvalue weighted by Crippen LogP contribution is -2.51. The molecule has 5 N–H and O–H groups in total. The molecule has 64 heavy (non-hydrogen) atoms. The number of aliphatic hydroxyl groups excluding tert-OH is 1. The molecule has 1 unspecified atom stereocenters. The summed E-state index contributed by atoms with van der Waals surface area (Å²) in [5.74, 6) is 1.70. The van der Waals surface area contributed by atoms with Crippen LogP contribution in [0.3, 0.4) is 0 Å². The number of imide groups is 1. The van der Waals surface area contributed by atoms with E-state index in [1.165, 1.54) is 22.5 Å². The van der Waals surface area contributed by atoms with Crippen LogP contribution in [0.5, 0.6) is 5.75 Å². The van der Waals surface area contributed by atoms with Crippen LogP contribution < -0.4 is 26.0 Å². The third-order valence-corrected chi connectivity index (χ3v) is 13.0. The second kappa shape index (κ2) is 22.7. The Kier molecular flexibility index (Phi) is 16.4. The van der Waals surface area contributed by atoms with Gasteiger partial charge >= 0.3 is 0 Å². The number of amides is 2. The molecular weight excluding hydrogens is 825 g/mol. The highest BCUT2D eigenvalue weighted by Crippen LogP contribution is 2.31. The van der Waals surface area contributed by atoms with Gasteiger partial charge in [0.2, 0.25) is 11.8 Å². The summed E-state index contributed by atoms with van der Waals surface area (Å²) in [6.45, 7) is 8.51. The minimum Gasteiger partial charge on any atom is -0.488 e. The van der Waals surface area contributed by atoms with Crippen molar-refractivity contribution in [2.45, 2.75) is 71.2 Å². The molecule has 5 aromatic rings. The fourth-order valence-electron chi connectivity index (χ4n) is 8.36. The number of carbonyl (C=O) groups is 3. The lowest BCUT2D eigenvalue weighted by Gasteiger charge is -2.35. The van der Waals surface area contributed by atoms with Crippen molar-refractivity contribution in [1.29, 1.82) is 0 Å². The number of ether oxygens (including phenoxy) is 1. The third kappa shape index (κ3) is 12.3. The highest BCUT2D eigenvalue weighted by atomic mass is 32.1. The first-order valence-corrected chi connectivity index (χ1v) is 23.2. The van der Waals surface area contributed by atoms with Gasteiger partial charge < -0.3 is 25.8 Å². The number of nitrogens with zero attached hydrogens (tertiary/aromatic N) is 5. The van der Waals surface area contributed by atoms with E-state index in [-0.39, 0.29) is 18.4 Å². The van der Waals surface area contributed by atoms with Gasteiger partial charge in [-0.1, -0.05) is 67.1 Å². The molecule has 2 fully saturated rings. The molecule has 2 saturated heterocycles. The van der Waals surface area contributed by atoms with E-state index in [0.29, 0.717) is 49.6 Å². The molecule has 0 radical (unpaired) electrons. The van der Waals surface area contributed by atoms with Gasteiger partial charge in [0.05, 0.1) is 18.3 Å². The molecule has 13 nitrogen and oxygen atoms in total. The Hall–Kier alpha value is -5.77. The molecule has 0 spiro atoms. The van der Waals surface area contributed by atoms with E-state index < -0.39 is 6.04 Å². The van der Waals surface area contributed by atoms with Crippen molar-refractivity contribution in [3.05, 3.63) is 135 Å². The molecule has 4 heterocycles. The van der Waals surface area contributed by atoms with Crippen molar-refractivity contribution in [3.8, 4) is 17.0 Å². The van der Waals surface area contributed by atoms with Gasteiger partial charge in [-0.3, -0.25) is 29.5 Å². The normalized spacial score (nSPS) is 16.2. The number of benzene rings is 3. The number of rotatable bonds is 21. The van der Waals surface area contributed by atoms with Crippen LogP contribution in [0.15, 0.2) is 96.0 Å². The first kappa shape index (κ1) is 46.2. The number of aldehydes is 1. The van der Waals surface area contributed by atoms with E-state index in [1.807, 2.05) is 66.7 Å². The third-order valence-electron chi connectivity index (χ3n) is 12.0. The second-order valence-corrected chi connectivity index (χ2v) is 17.6. The van der Waals surface area contributed by atoms with Crippen molar-refractivity contribution in [3.63, 3.8) is 0 Å². The van der Waals surface area contributed by atoms with Gasteiger partial charge in [0.15, 0.2) is 12.1 Å². The minimum atomic E-state index is -0.424. The maximum absolute atomic E-state index is 12.4. The predicted octanol–water partition coefficient (Wildman–Crippen LogP) is 6.19. The molecule has 2 aliphatic heterocycles. The monoisotopic (exact) mass is 884 g/mol. The number of likely N-dealkylation sites (N-methyl/N-ethyl adjacent to an activating group) is 1. The van der Waals surface area contributed by atoms with Crippen LogP contribution in [0.4, 0.5) is 5.82 Å². The molecule has 2 aromatic heterocycles. The number of unbranched alkanes of at least 4 members (excludes halogenated alkanes) is 2. The summed E-state index contributed by atoms with van der Waals surface area (Å²) in [7, 11) is 1.84. The van der Waals surface area contributed by atoms with Crippen LogP contribution in [0, 0.1) is 0 Å². The van der Waals surface area contributed by atoms with Gasteiger partial charge in [0, 0.05) is 91.0 Å². The highest BCUT2D eigenvalue weighted by Gasteiger charge is 2.31. The number of carbonyl (C=O) groups excluding carboxylic acids is 3. The number of thiophene rings is 1. The van der Waals surface area contributed by atoms with Gasteiger partial charge in [-0.05, 0) is 86.7 Å². The van der Waals surface area contributed by atoms with E-state index in [1.54, 1.807) is 0 Å². The lowest BCUT2D eigenvalue weighted by molar-refractivity contribution is -0.137. The van der Waals surface area contributed by atoms with Crippen molar-refractivity contribution >= 4 is 40.8 Å². The van der Waals surface area contributed by atoms with Gasteiger partial charge in [-0.15, -0.1) is 11.3 Å². The SMILES string of the molecule is CC(N)=C(c1ccccc1)c1nc(-c2cccc(CCCCCNCc3ccc(OCc4scc(C=O)c4CN(C)C4CCC(=O)NC4=O)cc3)c2)cc(N2CCN(CCO)CC2)n1. The number of nitrogens with two attached hydrogens (primary N) is 1. The molecule has 7 rings (SSSR count). The number of piperazine rings is 1. The van der Waals surface area contributed by atoms with Crippen LogP contribution in [0.2, 0.25) is 0 Å². The zero-order valence-electron chi connectivity index (χ0n) is 36.9. The van der Waals surface area contributed by atoms with Crippen LogP contribution in [0.1, 0.15) is 82.3 Å². The Morgan fingerprint density at radius 3 is 2.52 bits per heavy atom. The molecule has 3 aromatic carbocycles. The van der Waals surface area contributed by atoms with Crippen LogP contribution >= 0.6 is 11.3 Å². The Labute approximate surface area is 380 Å². The first-order chi connectivity index (χ1) is 31.2. The first-order valence-electron chi connectivity index (χ1n) is 22.3. The van der Waals surface area contributed by atoms with Crippen molar-refractivity contribution in [1.82, 2.24) is 30.4 Å². The van der Waals surface area contributed by atoms with Gasteiger partial charge in [0.25, 0.3) is 0 Å². The predicted molar refractivity (Wildman–Crippen MR) is 253 cm³/mol. The minimum absolute atomic E-state index is 0.161. The Morgan fingerprint density at radius 2 is 1.78 bits per heavy atom. The van der Waals surface area contributed by atoms with Crippen LogP contribution in [-0.4, -0.2) is 102 Å². The van der Waals surface area contributed by atoms with Gasteiger partial charge in [-0.2, -0.15) is 0 Å². The summed E-state index contributed by atoms with van der Waals surface area (Å²) in [6.07, 6.45) is 5.84. The summed E-state index contributed by atoms with van der Waals surface area (Å²) in [6, 6.07) is 28.6. The number of aromatic nitrogens is 2. The molecule has 0 aliphatic carbocycles. The fraction of sp³-hybridized carbons (Fsp3) is 0.380. The van der Waals surface area contributed by atoms with Crippen molar-refractivity contribution in [2.75, 3.05) is 57.8 Å². The molecule has 14 heteroatoms. The van der Waals surface area contributed by atoms with Crippen LogP contribution in [0.25, 0.3) is 16.8 Å². The summed E-state index contributed by atoms with van der Waals surface area (Å²) < 4.78 is 6.14. The van der Waals surface area contributed by atoms with E-state index >= 15 is 0 Å². The Morgan fingerprint density at radius 1 is 0.984 bits per heavy atom. The largest absolute Gasteiger partial charge is 0.488 e. The molecule has 336 valence electrons. The topological polar surface area (TPSA) is 166 Å². The maximum Gasteiger partial charge on any atom is 0.243 e. The highest BCUT2D eigenvalue weighted by molar-refractivity contribution is 7.10. The van der Waals surface area contributed by atoms with E-state index in [9.17, 15) is 19.5 Å².